The first-order valence-corrected chi connectivity index (χ1v) is 14.8. The molecule has 2 fully saturated rings. The van der Waals surface area contributed by atoms with Crippen molar-refractivity contribution in [2.75, 3.05) is 55.3 Å². The van der Waals surface area contributed by atoms with Crippen LogP contribution in [0.3, 0.4) is 0 Å². The second-order valence-electron chi connectivity index (χ2n) is 10.1. The van der Waals surface area contributed by atoms with Gasteiger partial charge in [-0.05, 0) is 62.3 Å². The summed E-state index contributed by atoms with van der Waals surface area (Å²) < 4.78 is 28.9. The summed E-state index contributed by atoms with van der Waals surface area (Å²) in [5.74, 6) is 0.857. The van der Waals surface area contributed by atoms with Gasteiger partial charge in [-0.15, -0.1) is 0 Å². The number of rotatable bonds is 5. The highest BCUT2D eigenvalue weighted by atomic mass is 32.2. The number of hydrogen-bond donors (Lipinski definition) is 1. The summed E-state index contributed by atoms with van der Waals surface area (Å²) in [5.41, 5.74) is 3.16. The van der Waals surface area contributed by atoms with E-state index < -0.39 is 9.84 Å². The Morgan fingerprint density at radius 3 is 2.24 bits per heavy atom. The van der Waals surface area contributed by atoms with Gasteiger partial charge in [0, 0.05) is 57.4 Å². The molecule has 0 radical (unpaired) electrons. The van der Waals surface area contributed by atoms with Crippen molar-refractivity contribution in [2.45, 2.75) is 23.8 Å². The largest absolute Gasteiger partial charge is 0.368 e. The maximum atomic E-state index is 13.7. The number of anilines is 2. The molecule has 0 saturated carbocycles. The third-order valence-electron chi connectivity index (χ3n) is 7.56. The number of aromatic nitrogens is 5. The van der Waals surface area contributed by atoms with Gasteiger partial charge < -0.3 is 15.1 Å². The van der Waals surface area contributed by atoms with Gasteiger partial charge in [-0.25, -0.2) is 18.2 Å². The number of piperazine rings is 1. The van der Waals surface area contributed by atoms with Crippen molar-refractivity contribution in [1.82, 2.24) is 29.2 Å². The minimum atomic E-state index is -3.21. The van der Waals surface area contributed by atoms with Crippen LogP contribution < -0.4 is 20.8 Å². The van der Waals surface area contributed by atoms with Crippen molar-refractivity contribution in [2.24, 2.45) is 7.05 Å². The summed E-state index contributed by atoms with van der Waals surface area (Å²) in [6.45, 7) is 4.87. The molecular formula is C26H32N8O3S. The normalized spacial score (nSPS) is 17.4. The lowest BCUT2D eigenvalue weighted by molar-refractivity contribution is 0.366. The summed E-state index contributed by atoms with van der Waals surface area (Å²) >= 11 is 0. The lowest BCUT2D eigenvalue weighted by Crippen LogP contribution is -2.46. The van der Waals surface area contributed by atoms with E-state index in [4.69, 9.17) is 4.98 Å². The molecule has 1 aromatic carbocycles. The number of nitrogens with one attached hydrogen (secondary N) is 1. The lowest BCUT2D eigenvalue weighted by atomic mass is 10.1. The van der Waals surface area contributed by atoms with Crippen LogP contribution in [0.2, 0.25) is 0 Å². The third kappa shape index (κ3) is 4.47. The maximum absolute atomic E-state index is 13.7. The lowest BCUT2D eigenvalue weighted by Gasteiger charge is -2.36. The average Bonchev–Trinajstić information content (AvgIpc) is 3.47. The predicted octanol–water partition coefficient (Wildman–Crippen LogP) is 1.58. The van der Waals surface area contributed by atoms with Crippen LogP contribution in [0.25, 0.3) is 16.9 Å². The fourth-order valence-corrected chi connectivity index (χ4v) is 6.16. The Morgan fingerprint density at radius 1 is 0.921 bits per heavy atom. The fraction of sp³-hybridized carbons (Fsp3) is 0.423. The smallest absolute Gasteiger partial charge is 0.335 e. The molecule has 4 aromatic rings. The molecule has 0 atom stereocenters. The Labute approximate surface area is 221 Å². The monoisotopic (exact) mass is 536 g/mol. The van der Waals surface area contributed by atoms with E-state index >= 15 is 0 Å². The Balaban J connectivity index is 1.30. The Morgan fingerprint density at radius 2 is 1.61 bits per heavy atom. The highest BCUT2D eigenvalue weighted by Crippen LogP contribution is 2.27. The van der Waals surface area contributed by atoms with Crippen LogP contribution in [0.1, 0.15) is 18.9 Å². The minimum Gasteiger partial charge on any atom is -0.368 e. The molecule has 0 spiro atoms. The second kappa shape index (κ2) is 9.59. The molecule has 2 aliphatic rings. The van der Waals surface area contributed by atoms with Gasteiger partial charge in [0.2, 0.25) is 0 Å². The number of nitrogens with zero attached hydrogens (tertiary/aromatic N) is 7. The second-order valence-corrected chi connectivity index (χ2v) is 12.1. The van der Waals surface area contributed by atoms with E-state index in [0.29, 0.717) is 10.5 Å². The number of aryl methyl sites for hydroxylation is 1. The number of pyridine rings is 1. The molecule has 12 heteroatoms. The van der Waals surface area contributed by atoms with Gasteiger partial charge in [-0.3, -0.25) is 13.8 Å². The van der Waals surface area contributed by atoms with Gasteiger partial charge in [0.15, 0.2) is 15.5 Å². The summed E-state index contributed by atoms with van der Waals surface area (Å²) in [6, 6.07) is 11.2. The molecule has 5 heterocycles. The van der Waals surface area contributed by atoms with Crippen molar-refractivity contribution in [3.8, 4) is 5.69 Å². The van der Waals surface area contributed by atoms with Gasteiger partial charge in [0.05, 0.1) is 22.3 Å². The molecule has 2 saturated heterocycles. The summed E-state index contributed by atoms with van der Waals surface area (Å²) in [7, 11) is -1.37. The van der Waals surface area contributed by atoms with Crippen molar-refractivity contribution >= 4 is 32.5 Å². The first-order valence-electron chi connectivity index (χ1n) is 12.9. The topological polar surface area (TPSA) is 110 Å². The number of hydrogen-bond acceptors (Lipinski definition) is 8. The molecule has 0 amide bonds. The van der Waals surface area contributed by atoms with Crippen LogP contribution in [0.5, 0.6) is 0 Å². The zero-order valence-electron chi connectivity index (χ0n) is 21.6. The number of benzene rings is 1. The SMILES string of the molecule is Cn1cc(-n2c(=O)n(C3CCNCC3)c3nc(N4CCN(c5ccc(S(C)(=O)=O)cc5)CC4)ccc32)cn1. The number of sulfone groups is 1. The van der Waals surface area contributed by atoms with Crippen LogP contribution in [-0.2, 0) is 16.9 Å². The van der Waals surface area contributed by atoms with E-state index in [1.165, 1.54) is 6.26 Å². The summed E-state index contributed by atoms with van der Waals surface area (Å²) in [5, 5.41) is 7.66. The minimum absolute atomic E-state index is 0.0769. The quantitative estimate of drug-likeness (QED) is 0.409. The average molecular weight is 537 g/mol. The van der Waals surface area contributed by atoms with E-state index in [2.05, 4.69) is 20.2 Å². The zero-order valence-corrected chi connectivity index (χ0v) is 22.4. The zero-order chi connectivity index (χ0) is 26.4. The summed E-state index contributed by atoms with van der Waals surface area (Å²) in [4.78, 5) is 23.6. The van der Waals surface area contributed by atoms with Gasteiger partial charge in [0.25, 0.3) is 0 Å². The molecule has 38 heavy (non-hydrogen) atoms. The molecule has 11 nitrogen and oxygen atoms in total. The molecule has 6 rings (SSSR count). The number of fused-ring (bicyclic) bond motifs is 1. The fourth-order valence-electron chi connectivity index (χ4n) is 5.53. The Bertz CT molecular complexity index is 1620. The number of piperidine rings is 1. The molecular weight excluding hydrogens is 504 g/mol. The van der Waals surface area contributed by atoms with Gasteiger partial charge in [0.1, 0.15) is 5.82 Å². The van der Waals surface area contributed by atoms with E-state index in [0.717, 1.165) is 74.8 Å². The molecule has 0 aliphatic carbocycles. The molecule has 2 aliphatic heterocycles. The number of imidazole rings is 1. The van der Waals surface area contributed by atoms with E-state index in [9.17, 15) is 13.2 Å². The Kier molecular flexibility index (Phi) is 6.23. The maximum Gasteiger partial charge on any atom is 0.335 e. The molecule has 0 bridgehead atoms. The first kappa shape index (κ1) is 24.7. The van der Waals surface area contributed by atoms with Crippen LogP contribution >= 0.6 is 0 Å². The van der Waals surface area contributed by atoms with E-state index in [1.54, 1.807) is 27.6 Å². The van der Waals surface area contributed by atoms with Crippen molar-refractivity contribution in [3.63, 3.8) is 0 Å². The summed E-state index contributed by atoms with van der Waals surface area (Å²) in [6.07, 6.45) is 6.55. The van der Waals surface area contributed by atoms with Crippen LogP contribution in [0.15, 0.2) is 58.5 Å². The van der Waals surface area contributed by atoms with Crippen LogP contribution in [0.4, 0.5) is 11.5 Å². The third-order valence-corrected chi connectivity index (χ3v) is 8.69. The Hall–Kier alpha value is -3.64. The molecule has 3 aromatic heterocycles. The standard InChI is InChI=1S/C26H32N8O3S/c1-30-18-21(17-28-30)33-23-7-8-24(29-25(23)34(26(33)35)20-9-11-27-12-10-20)32-15-13-31(14-16-32)19-3-5-22(6-4-19)38(2,36)37/h3-8,17-18,20,27H,9-16H2,1-2H3. The van der Waals surface area contributed by atoms with Crippen molar-refractivity contribution in [3.05, 3.63) is 59.3 Å². The molecule has 0 unspecified atom stereocenters. The predicted molar refractivity (Wildman–Crippen MR) is 147 cm³/mol. The molecule has 1 N–H and O–H groups in total. The van der Waals surface area contributed by atoms with Crippen molar-refractivity contribution in [1.29, 1.82) is 0 Å². The highest BCUT2D eigenvalue weighted by Gasteiger charge is 2.26. The van der Waals surface area contributed by atoms with E-state index in [-0.39, 0.29) is 11.7 Å². The van der Waals surface area contributed by atoms with E-state index in [1.807, 2.05) is 42.1 Å². The first-order chi connectivity index (χ1) is 18.3. The van der Waals surface area contributed by atoms with Gasteiger partial charge in [-0.2, -0.15) is 5.10 Å². The van der Waals surface area contributed by atoms with Crippen molar-refractivity contribution < 1.29 is 8.42 Å². The highest BCUT2D eigenvalue weighted by molar-refractivity contribution is 7.90. The van der Waals surface area contributed by atoms with Crippen LogP contribution in [0, 0.1) is 0 Å². The van der Waals surface area contributed by atoms with Crippen LogP contribution in [-0.4, -0.2) is 77.8 Å². The molecule has 200 valence electrons. The van der Waals surface area contributed by atoms with Gasteiger partial charge >= 0.3 is 5.69 Å². The van der Waals surface area contributed by atoms with Gasteiger partial charge in [-0.1, -0.05) is 0 Å².